The molecule has 0 aliphatic rings. The van der Waals surface area contributed by atoms with Crippen LogP contribution in [0.2, 0.25) is 5.02 Å². The van der Waals surface area contributed by atoms with Gasteiger partial charge in [0.05, 0.1) is 11.7 Å². The lowest BCUT2D eigenvalue weighted by Crippen LogP contribution is -2.36. The first-order valence-electron chi connectivity index (χ1n) is 5.62. The van der Waals surface area contributed by atoms with E-state index < -0.39 is 17.7 Å². The molecular formula is C12H18ClN3O2. The fraction of sp³-hybridized carbons (Fsp3) is 0.500. The number of pyridine rings is 1. The van der Waals surface area contributed by atoms with Crippen LogP contribution in [0.3, 0.4) is 0 Å². The van der Waals surface area contributed by atoms with Crippen molar-refractivity contribution in [1.82, 2.24) is 10.3 Å². The van der Waals surface area contributed by atoms with Gasteiger partial charge in [-0.25, -0.2) is 4.79 Å². The lowest BCUT2D eigenvalue weighted by Gasteiger charge is -2.20. The van der Waals surface area contributed by atoms with Crippen LogP contribution in [-0.2, 0) is 4.74 Å². The maximum Gasteiger partial charge on any atom is 0.407 e. The molecule has 0 aliphatic heterocycles. The molecule has 6 heteroatoms. The summed E-state index contributed by atoms with van der Waals surface area (Å²) in [7, 11) is 0. The van der Waals surface area contributed by atoms with E-state index in [2.05, 4.69) is 10.3 Å². The van der Waals surface area contributed by atoms with Crippen LogP contribution in [0.15, 0.2) is 18.3 Å². The number of nitrogens with zero attached hydrogens (tertiary/aromatic N) is 1. The molecule has 0 aliphatic carbocycles. The lowest BCUT2D eigenvalue weighted by atomic mass is 10.2. The van der Waals surface area contributed by atoms with Crippen LogP contribution in [0, 0.1) is 0 Å². The first-order chi connectivity index (χ1) is 8.28. The number of alkyl carbamates (subject to hydrolysis) is 1. The number of carbonyl (C=O) groups excluding carboxylic acids is 1. The Hall–Kier alpha value is -1.33. The van der Waals surface area contributed by atoms with Gasteiger partial charge >= 0.3 is 6.09 Å². The molecule has 1 heterocycles. The first kappa shape index (κ1) is 14.7. The Morgan fingerprint density at radius 3 is 2.83 bits per heavy atom. The van der Waals surface area contributed by atoms with Gasteiger partial charge in [0.1, 0.15) is 5.60 Å². The average Bonchev–Trinajstić information content (AvgIpc) is 2.23. The first-order valence-corrected chi connectivity index (χ1v) is 5.99. The molecule has 1 aromatic rings. The van der Waals surface area contributed by atoms with Gasteiger partial charge in [-0.2, -0.15) is 0 Å². The van der Waals surface area contributed by atoms with Crippen LogP contribution in [0.5, 0.6) is 0 Å². The predicted octanol–water partition coefficient (Wildman–Crippen LogP) is 2.26. The Kier molecular flexibility index (Phi) is 4.93. The minimum absolute atomic E-state index is 0.238. The number of nitrogens with two attached hydrogens (primary N) is 1. The van der Waals surface area contributed by atoms with Gasteiger partial charge in [0.15, 0.2) is 0 Å². The molecule has 3 N–H and O–H groups in total. The van der Waals surface area contributed by atoms with Gasteiger partial charge in [-0.15, -0.1) is 0 Å². The summed E-state index contributed by atoms with van der Waals surface area (Å²) in [4.78, 5) is 15.5. The van der Waals surface area contributed by atoms with Crippen molar-refractivity contribution in [3.63, 3.8) is 0 Å². The molecule has 100 valence electrons. The highest BCUT2D eigenvalue weighted by Crippen LogP contribution is 2.13. The van der Waals surface area contributed by atoms with Gasteiger partial charge in [-0.05, 0) is 32.9 Å². The van der Waals surface area contributed by atoms with E-state index >= 15 is 0 Å². The number of aromatic nitrogens is 1. The van der Waals surface area contributed by atoms with Crippen LogP contribution < -0.4 is 11.1 Å². The molecule has 0 bridgehead atoms. The lowest BCUT2D eigenvalue weighted by molar-refractivity contribution is 0.0524. The summed E-state index contributed by atoms with van der Waals surface area (Å²) in [5, 5.41) is 3.15. The van der Waals surface area contributed by atoms with E-state index in [-0.39, 0.29) is 6.54 Å². The van der Waals surface area contributed by atoms with Crippen molar-refractivity contribution in [1.29, 1.82) is 0 Å². The topological polar surface area (TPSA) is 77.2 Å². The number of nitrogens with one attached hydrogen (secondary N) is 1. The van der Waals surface area contributed by atoms with Crippen molar-refractivity contribution < 1.29 is 9.53 Å². The molecule has 1 atom stereocenters. The quantitative estimate of drug-likeness (QED) is 0.884. The third-order valence-corrected chi connectivity index (χ3v) is 2.22. The van der Waals surface area contributed by atoms with Crippen molar-refractivity contribution in [2.75, 3.05) is 6.54 Å². The second-order valence-corrected chi connectivity index (χ2v) is 5.32. The van der Waals surface area contributed by atoms with E-state index in [1.807, 2.05) is 0 Å². The van der Waals surface area contributed by atoms with Gasteiger partial charge in [-0.3, -0.25) is 4.98 Å². The van der Waals surface area contributed by atoms with Crippen LogP contribution >= 0.6 is 11.6 Å². The standard InChI is InChI=1S/C12H18ClN3O2/c1-12(2,3)18-11(17)16-7-9(14)10-6-8(13)4-5-15-10/h4-6,9H,7,14H2,1-3H3,(H,16,17). The van der Waals surface area contributed by atoms with E-state index in [0.29, 0.717) is 10.7 Å². The molecular weight excluding hydrogens is 254 g/mol. The van der Waals surface area contributed by atoms with Crippen molar-refractivity contribution in [3.05, 3.63) is 29.0 Å². The van der Waals surface area contributed by atoms with Crippen molar-refractivity contribution in [2.45, 2.75) is 32.4 Å². The summed E-state index contributed by atoms with van der Waals surface area (Å²) in [5.74, 6) is 0. The fourth-order valence-electron chi connectivity index (χ4n) is 1.24. The second kappa shape index (κ2) is 6.02. The third-order valence-electron chi connectivity index (χ3n) is 1.99. The van der Waals surface area contributed by atoms with Crippen molar-refractivity contribution in [3.8, 4) is 0 Å². The maximum atomic E-state index is 11.4. The number of hydrogen-bond acceptors (Lipinski definition) is 4. The second-order valence-electron chi connectivity index (χ2n) is 4.89. The monoisotopic (exact) mass is 271 g/mol. The smallest absolute Gasteiger partial charge is 0.407 e. The molecule has 0 saturated carbocycles. The summed E-state index contributed by atoms with van der Waals surface area (Å²) < 4.78 is 5.10. The molecule has 0 fully saturated rings. The Balaban J connectivity index is 2.46. The number of carbonyl (C=O) groups is 1. The number of ether oxygens (including phenoxy) is 1. The summed E-state index contributed by atoms with van der Waals surface area (Å²) in [6.07, 6.45) is 1.07. The number of halogens is 1. The molecule has 18 heavy (non-hydrogen) atoms. The molecule has 1 rings (SSSR count). The number of hydrogen-bond donors (Lipinski definition) is 2. The molecule has 1 aromatic heterocycles. The zero-order valence-corrected chi connectivity index (χ0v) is 11.5. The van der Waals surface area contributed by atoms with Gasteiger partial charge in [0.25, 0.3) is 0 Å². The SMILES string of the molecule is CC(C)(C)OC(=O)NCC(N)c1cc(Cl)ccn1. The van der Waals surface area contributed by atoms with Crippen LogP contribution in [0.4, 0.5) is 4.79 Å². The Labute approximate surface area is 112 Å². The average molecular weight is 272 g/mol. The molecule has 0 aromatic carbocycles. The highest BCUT2D eigenvalue weighted by atomic mass is 35.5. The molecule has 0 saturated heterocycles. The van der Waals surface area contributed by atoms with E-state index in [9.17, 15) is 4.79 Å². The van der Waals surface area contributed by atoms with Crippen molar-refractivity contribution >= 4 is 17.7 Å². The highest BCUT2D eigenvalue weighted by Gasteiger charge is 2.17. The summed E-state index contributed by atoms with van der Waals surface area (Å²) in [6.45, 7) is 5.63. The third kappa shape index (κ3) is 5.33. The minimum Gasteiger partial charge on any atom is -0.444 e. The highest BCUT2D eigenvalue weighted by molar-refractivity contribution is 6.30. The zero-order valence-electron chi connectivity index (χ0n) is 10.7. The Bertz CT molecular complexity index is 418. The maximum absolute atomic E-state index is 11.4. The zero-order chi connectivity index (χ0) is 13.8. The normalized spacial score (nSPS) is 12.9. The van der Waals surface area contributed by atoms with Gasteiger partial charge in [0, 0.05) is 17.8 Å². The van der Waals surface area contributed by atoms with E-state index in [4.69, 9.17) is 22.1 Å². The molecule has 0 spiro atoms. The summed E-state index contributed by atoms with van der Waals surface area (Å²) in [6, 6.07) is 2.92. The van der Waals surface area contributed by atoms with Crippen LogP contribution in [0.1, 0.15) is 32.5 Å². The number of rotatable bonds is 3. The van der Waals surface area contributed by atoms with Crippen LogP contribution in [-0.4, -0.2) is 23.2 Å². The van der Waals surface area contributed by atoms with Crippen molar-refractivity contribution in [2.24, 2.45) is 5.73 Å². The van der Waals surface area contributed by atoms with Gasteiger partial charge in [0.2, 0.25) is 0 Å². The van der Waals surface area contributed by atoms with Gasteiger partial charge in [-0.1, -0.05) is 11.6 Å². The van der Waals surface area contributed by atoms with E-state index in [0.717, 1.165) is 0 Å². The largest absolute Gasteiger partial charge is 0.444 e. The van der Waals surface area contributed by atoms with Gasteiger partial charge < -0.3 is 15.8 Å². The Morgan fingerprint density at radius 2 is 2.28 bits per heavy atom. The molecule has 1 unspecified atom stereocenters. The Morgan fingerprint density at radius 1 is 1.61 bits per heavy atom. The predicted molar refractivity (Wildman–Crippen MR) is 70.4 cm³/mol. The fourth-order valence-corrected chi connectivity index (χ4v) is 1.40. The van der Waals surface area contributed by atoms with E-state index in [1.165, 1.54) is 0 Å². The van der Waals surface area contributed by atoms with E-state index in [1.54, 1.807) is 39.1 Å². The molecule has 1 amide bonds. The molecule has 0 radical (unpaired) electrons. The minimum atomic E-state index is -0.525. The summed E-state index contributed by atoms with van der Waals surface area (Å²) >= 11 is 5.83. The number of amides is 1. The summed E-state index contributed by atoms with van der Waals surface area (Å²) in [5.41, 5.74) is 5.98. The van der Waals surface area contributed by atoms with Crippen LogP contribution in [0.25, 0.3) is 0 Å². The molecule has 5 nitrogen and oxygen atoms in total.